The van der Waals surface area contributed by atoms with E-state index in [9.17, 15) is 9.90 Å². The molecule has 1 N–H and O–H groups in total. The van der Waals surface area contributed by atoms with Gasteiger partial charge in [-0.3, -0.25) is 0 Å². The number of phenols is 1. The van der Waals surface area contributed by atoms with Gasteiger partial charge in [-0.05, 0) is 38.3 Å². The van der Waals surface area contributed by atoms with Gasteiger partial charge in [-0.2, -0.15) is 0 Å². The summed E-state index contributed by atoms with van der Waals surface area (Å²) in [6.45, 7) is 3.99. The Morgan fingerprint density at radius 1 is 1.44 bits per heavy atom. The predicted octanol–water partition coefficient (Wildman–Crippen LogP) is 2.70. The predicted molar refractivity (Wildman–Crippen MR) is 62.9 cm³/mol. The first-order valence-electron chi connectivity index (χ1n) is 5.58. The normalized spacial score (nSPS) is 10.1. The molecule has 0 radical (unpaired) electrons. The first-order chi connectivity index (χ1) is 7.65. The molecule has 0 atom stereocenters. The number of aromatic hydroxyl groups is 1. The molecule has 1 aromatic rings. The molecule has 0 unspecified atom stereocenters. The SMILES string of the molecule is CCOc1cccc(CCCC(C)=O)c1O. The number of hydrogen-bond donors (Lipinski definition) is 1. The van der Waals surface area contributed by atoms with Crippen molar-refractivity contribution in [3.8, 4) is 11.5 Å². The lowest BCUT2D eigenvalue weighted by Gasteiger charge is -2.09. The van der Waals surface area contributed by atoms with Crippen LogP contribution < -0.4 is 4.74 Å². The van der Waals surface area contributed by atoms with Crippen LogP contribution in [0.1, 0.15) is 32.3 Å². The van der Waals surface area contributed by atoms with Gasteiger partial charge in [0.05, 0.1) is 6.61 Å². The minimum atomic E-state index is 0.181. The van der Waals surface area contributed by atoms with Gasteiger partial charge in [0.2, 0.25) is 0 Å². The second-order valence-electron chi connectivity index (χ2n) is 3.75. The standard InChI is InChI=1S/C13H18O3/c1-3-16-12-9-5-8-11(13(12)15)7-4-6-10(2)14/h5,8-9,15H,3-4,6-7H2,1-2H3. The van der Waals surface area contributed by atoms with Gasteiger partial charge in [0.15, 0.2) is 11.5 Å². The zero-order chi connectivity index (χ0) is 12.0. The molecule has 0 bridgehead atoms. The molecule has 1 rings (SSSR count). The van der Waals surface area contributed by atoms with Crippen molar-refractivity contribution in [3.05, 3.63) is 23.8 Å². The van der Waals surface area contributed by atoms with Crippen LogP contribution in [0.2, 0.25) is 0 Å². The van der Waals surface area contributed by atoms with E-state index in [4.69, 9.17) is 4.74 Å². The molecular weight excluding hydrogens is 204 g/mol. The summed E-state index contributed by atoms with van der Waals surface area (Å²) in [6.07, 6.45) is 2.02. The number of ketones is 1. The minimum absolute atomic E-state index is 0.181. The number of phenolic OH excluding ortho intramolecular Hbond substituents is 1. The molecule has 16 heavy (non-hydrogen) atoms. The van der Waals surface area contributed by atoms with E-state index < -0.39 is 0 Å². The van der Waals surface area contributed by atoms with Gasteiger partial charge >= 0.3 is 0 Å². The Labute approximate surface area is 96.1 Å². The first-order valence-corrected chi connectivity index (χ1v) is 5.58. The van der Waals surface area contributed by atoms with Crippen molar-refractivity contribution in [2.24, 2.45) is 0 Å². The second-order valence-corrected chi connectivity index (χ2v) is 3.75. The number of para-hydroxylation sites is 1. The largest absolute Gasteiger partial charge is 0.504 e. The van der Waals surface area contributed by atoms with Crippen molar-refractivity contribution in [2.45, 2.75) is 33.1 Å². The van der Waals surface area contributed by atoms with E-state index in [1.807, 2.05) is 19.1 Å². The maximum absolute atomic E-state index is 10.8. The van der Waals surface area contributed by atoms with Crippen LogP contribution >= 0.6 is 0 Å². The van der Waals surface area contributed by atoms with E-state index in [1.165, 1.54) is 0 Å². The van der Waals surface area contributed by atoms with Gasteiger partial charge in [-0.1, -0.05) is 12.1 Å². The Bertz CT molecular complexity index is 358. The lowest BCUT2D eigenvalue weighted by atomic mass is 10.1. The number of ether oxygens (including phenoxy) is 1. The van der Waals surface area contributed by atoms with Crippen LogP contribution in [0.3, 0.4) is 0 Å². The van der Waals surface area contributed by atoms with Crippen LogP contribution in [0.4, 0.5) is 0 Å². The number of Topliss-reactive ketones (excluding diaryl/α,β-unsaturated/α-hetero) is 1. The number of rotatable bonds is 6. The summed E-state index contributed by atoms with van der Waals surface area (Å²) in [5.74, 6) is 0.899. The Morgan fingerprint density at radius 3 is 2.81 bits per heavy atom. The molecule has 0 fully saturated rings. The Kier molecular flexibility index (Phi) is 4.83. The maximum Gasteiger partial charge on any atom is 0.161 e. The zero-order valence-corrected chi connectivity index (χ0v) is 9.82. The van der Waals surface area contributed by atoms with E-state index in [0.717, 1.165) is 12.0 Å². The highest BCUT2D eigenvalue weighted by Crippen LogP contribution is 2.30. The van der Waals surface area contributed by atoms with Crippen molar-refractivity contribution >= 4 is 5.78 Å². The van der Waals surface area contributed by atoms with Gasteiger partial charge in [0, 0.05) is 6.42 Å². The molecule has 3 heteroatoms. The molecule has 0 heterocycles. The van der Waals surface area contributed by atoms with Gasteiger partial charge in [0.1, 0.15) is 5.78 Å². The molecule has 0 amide bonds. The Balaban J connectivity index is 2.65. The van der Waals surface area contributed by atoms with Gasteiger partial charge in [-0.15, -0.1) is 0 Å². The van der Waals surface area contributed by atoms with Crippen molar-refractivity contribution in [2.75, 3.05) is 6.61 Å². The van der Waals surface area contributed by atoms with Crippen LogP contribution in [0, 0.1) is 0 Å². The van der Waals surface area contributed by atoms with Crippen LogP contribution in [0.5, 0.6) is 11.5 Å². The number of benzene rings is 1. The van der Waals surface area contributed by atoms with Crippen molar-refractivity contribution in [3.63, 3.8) is 0 Å². The molecule has 0 aliphatic heterocycles. The van der Waals surface area contributed by atoms with Crippen LogP contribution in [-0.4, -0.2) is 17.5 Å². The first kappa shape index (κ1) is 12.6. The average Bonchev–Trinajstić information content (AvgIpc) is 2.23. The summed E-state index contributed by atoms with van der Waals surface area (Å²) >= 11 is 0. The number of carbonyl (C=O) groups excluding carboxylic acids is 1. The summed E-state index contributed by atoms with van der Waals surface area (Å²) in [5.41, 5.74) is 0.840. The fourth-order valence-corrected chi connectivity index (χ4v) is 1.57. The van der Waals surface area contributed by atoms with E-state index in [2.05, 4.69) is 0 Å². The Hall–Kier alpha value is -1.51. The molecule has 0 aromatic heterocycles. The average molecular weight is 222 g/mol. The number of carbonyl (C=O) groups is 1. The molecule has 0 saturated carbocycles. The zero-order valence-electron chi connectivity index (χ0n) is 9.82. The summed E-state index contributed by atoms with van der Waals surface area (Å²) in [7, 11) is 0. The fraction of sp³-hybridized carbons (Fsp3) is 0.462. The molecule has 0 aliphatic rings. The van der Waals surface area contributed by atoms with Gasteiger partial charge in [-0.25, -0.2) is 0 Å². The number of aryl methyl sites for hydroxylation is 1. The molecule has 0 aliphatic carbocycles. The fourth-order valence-electron chi connectivity index (χ4n) is 1.57. The highest BCUT2D eigenvalue weighted by atomic mass is 16.5. The third kappa shape index (κ3) is 3.57. The smallest absolute Gasteiger partial charge is 0.161 e. The lowest BCUT2D eigenvalue weighted by molar-refractivity contribution is -0.117. The van der Waals surface area contributed by atoms with Gasteiger partial charge in [0.25, 0.3) is 0 Å². The van der Waals surface area contributed by atoms with Crippen LogP contribution in [-0.2, 0) is 11.2 Å². The monoisotopic (exact) mass is 222 g/mol. The third-order valence-electron chi connectivity index (χ3n) is 2.36. The second kappa shape index (κ2) is 6.16. The third-order valence-corrected chi connectivity index (χ3v) is 2.36. The van der Waals surface area contributed by atoms with Crippen LogP contribution in [0.15, 0.2) is 18.2 Å². The van der Waals surface area contributed by atoms with E-state index in [-0.39, 0.29) is 11.5 Å². The van der Waals surface area contributed by atoms with Gasteiger partial charge < -0.3 is 14.6 Å². The maximum atomic E-state index is 10.8. The summed E-state index contributed by atoms with van der Waals surface area (Å²) in [4.78, 5) is 10.8. The highest BCUT2D eigenvalue weighted by Gasteiger charge is 2.07. The van der Waals surface area contributed by atoms with E-state index in [1.54, 1.807) is 13.0 Å². The topological polar surface area (TPSA) is 46.5 Å². The minimum Gasteiger partial charge on any atom is -0.504 e. The molecule has 1 aromatic carbocycles. The summed E-state index contributed by atoms with van der Waals surface area (Å²) in [5, 5.41) is 9.88. The van der Waals surface area contributed by atoms with Crippen molar-refractivity contribution < 1.29 is 14.6 Å². The van der Waals surface area contributed by atoms with Crippen molar-refractivity contribution in [1.29, 1.82) is 0 Å². The quantitative estimate of drug-likeness (QED) is 0.805. The summed E-state index contributed by atoms with van der Waals surface area (Å²) in [6, 6.07) is 5.46. The number of hydrogen-bond acceptors (Lipinski definition) is 3. The highest BCUT2D eigenvalue weighted by molar-refractivity contribution is 5.75. The molecule has 0 saturated heterocycles. The molecule has 0 spiro atoms. The van der Waals surface area contributed by atoms with E-state index >= 15 is 0 Å². The molecule has 88 valence electrons. The van der Waals surface area contributed by atoms with Crippen molar-refractivity contribution in [1.82, 2.24) is 0 Å². The van der Waals surface area contributed by atoms with Crippen LogP contribution in [0.25, 0.3) is 0 Å². The summed E-state index contributed by atoms with van der Waals surface area (Å²) < 4.78 is 5.29. The van der Waals surface area contributed by atoms with E-state index in [0.29, 0.717) is 25.2 Å². The molecule has 3 nitrogen and oxygen atoms in total. The lowest BCUT2D eigenvalue weighted by Crippen LogP contribution is -1.96. The Morgan fingerprint density at radius 2 is 2.19 bits per heavy atom. The molecular formula is C13H18O3.